The average molecular weight is 251 g/mol. The largest absolute Gasteiger partial charge is 0.293 e. The molecule has 0 N–H and O–H groups in total. The molecular formula is C10H13N5OS. The minimum absolute atomic E-state index is 0.0950. The molecule has 0 saturated carbocycles. The van der Waals surface area contributed by atoms with E-state index in [9.17, 15) is 4.79 Å². The number of nitrogens with zero attached hydrogens (tertiary/aromatic N) is 5. The first-order valence-electron chi connectivity index (χ1n) is 5.27. The van der Waals surface area contributed by atoms with Gasteiger partial charge in [-0.15, -0.1) is 15.3 Å². The molecule has 17 heavy (non-hydrogen) atoms. The number of carbonyl (C=O) groups is 1. The van der Waals surface area contributed by atoms with Gasteiger partial charge in [0.1, 0.15) is 5.01 Å². The van der Waals surface area contributed by atoms with Gasteiger partial charge in [0, 0.05) is 12.8 Å². The van der Waals surface area contributed by atoms with E-state index in [1.165, 1.54) is 18.3 Å². The molecule has 2 aromatic rings. The highest BCUT2D eigenvalue weighted by atomic mass is 32.1. The van der Waals surface area contributed by atoms with Crippen molar-refractivity contribution in [1.29, 1.82) is 0 Å². The molecule has 0 atom stereocenters. The number of rotatable bonds is 3. The third-order valence-electron chi connectivity index (χ3n) is 2.33. The standard InChI is InChI=1S/C10H13N5OS/c1-5(2)9-12-13-10(17-9)15-6(3)8(7(4)16)11-14-15/h5H,1-4H3. The van der Waals surface area contributed by atoms with E-state index in [0.29, 0.717) is 22.4 Å². The van der Waals surface area contributed by atoms with Gasteiger partial charge >= 0.3 is 0 Å². The average Bonchev–Trinajstić information content (AvgIpc) is 2.82. The summed E-state index contributed by atoms with van der Waals surface area (Å²) < 4.78 is 1.56. The van der Waals surface area contributed by atoms with Crippen molar-refractivity contribution in [3.05, 3.63) is 16.4 Å². The van der Waals surface area contributed by atoms with Crippen LogP contribution in [0.1, 0.15) is 47.9 Å². The second-order valence-electron chi connectivity index (χ2n) is 4.07. The molecule has 2 rings (SSSR count). The van der Waals surface area contributed by atoms with Crippen molar-refractivity contribution in [2.75, 3.05) is 0 Å². The van der Waals surface area contributed by atoms with Crippen LogP contribution >= 0.6 is 11.3 Å². The molecule has 0 spiro atoms. The van der Waals surface area contributed by atoms with Crippen molar-refractivity contribution in [2.45, 2.75) is 33.6 Å². The summed E-state index contributed by atoms with van der Waals surface area (Å²) >= 11 is 1.46. The molecule has 90 valence electrons. The predicted molar refractivity (Wildman–Crippen MR) is 63.7 cm³/mol. The van der Waals surface area contributed by atoms with Crippen LogP contribution in [0.25, 0.3) is 5.13 Å². The van der Waals surface area contributed by atoms with Crippen LogP contribution in [0, 0.1) is 6.92 Å². The third kappa shape index (κ3) is 2.10. The zero-order chi connectivity index (χ0) is 12.6. The summed E-state index contributed by atoms with van der Waals surface area (Å²) in [7, 11) is 0. The third-order valence-corrected chi connectivity index (χ3v) is 3.53. The van der Waals surface area contributed by atoms with E-state index in [-0.39, 0.29) is 5.78 Å². The molecule has 0 aromatic carbocycles. The van der Waals surface area contributed by atoms with Crippen LogP contribution < -0.4 is 0 Å². The lowest BCUT2D eigenvalue weighted by molar-refractivity contribution is 0.101. The Morgan fingerprint density at radius 2 is 2.00 bits per heavy atom. The molecule has 6 nitrogen and oxygen atoms in total. The first kappa shape index (κ1) is 11.8. The Kier molecular flexibility index (Phi) is 3.01. The van der Waals surface area contributed by atoms with E-state index < -0.39 is 0 Å². The Bertz CT molecular complexity index is 557. The Balaban J connectivity index is 2.43. The van der Waals surface area contributed by atoms with Gasteiger partial charge in [0.25, 0.3) is 0 Å². The quantitative estimate of drug-likeness (QED) is 0.777. The summed E-state index contributed by atoms with van der Waals surface area (Å²) in [6.45, 7) is 7.38. The van der Waals surface area contributed by atoms with E-state index >= 15 is 0 Å². The van der Waals surface area contributed by atoms with Gasteiger partial charge in [-0.3, -0.25) is 4.79 Å². The molecule has 0 aliphatic heterocycles. The monoisotopic (exact) mass is 251 g/mol. The van der Waals surface area contributed by atoms with Crippen LogP contribution in [0.4, 0.5) is 0 Å². The number of aromatic nitrogens is 5. The normalized spacial score (nSPS) is 11.1. The van der Waals surface area contributed by atoms with Crippen LogP contribution in [0.3, 0.4) is 0 Å². The summed E-state index contributed by atoms with van der Waals surface area (Å²) in [4.78, 5) is 11.3. The maximum Gasteiger partial charge on any atom is 0.234 e. The van der Waals surface area contributed by atoms with Crippen LogP contribution in [0.2, 0.25) is 0 Å². The molecule has 7 heteroatoms. The lowest BCUT2D eigenvalue weighted by Gasteiger charge is -1.96. The Labute approximate surface area is 103 Å². The van der Waals surface area contributed by atoms with Crippen LogP contribution in [-0.2, 0) is 0 Å². The van der Waals surface area contributed by atoms with Crippen molar-refractivity contribution in [3.63, 3.8) is 0 Å². The first-order chi connectivity index (χ1) is 8.00. The van der Waals surface area contributed by atoms with Gasteiger partial charge in [-0.2, -0.15) is 4.68 Å². The molecule has 0 amide bonds. The number of carbonyl (C=O) groups excluding carboxylic acids is 1. The number of hydrogen-bond donors (Lipinski definition) is 0. The minimum Gasteiger partial charge on any atom is -0.293 e. The second kappa shape index (κ2) is 4.33. The molecule has 0 fully saturated rings. The SMILES string of the molecule is CC(=O)c1nnn(-c2nnc(C(C)C)s2)c1C. The van der Waals surface area contributed by atoms with Crippen LogP contribution in [0.5, 0.6) is 0 Å². The fraction of sp³-hybridized carbons (Fsp3) is 0.500. The number of hydrogen-bond acceptors (Lipinski definition) is 6. The second-order valence-corrected chi connectivity index (χ2v) is 5.06. The topological polar surface area (TPSA) is 73.6 Å². The molecule has 0 aliphatic carbocycles. The summed E-state index contributed by atoms with van der Waals surface area (Å²) in [6, 6.07) is 0. The number of Topliss-reactive ketones (excluding diaryl/α,β-unsaturated/α-hetero) is 1. The molecule has 0 bridgehead atoms. The van der Waals surface area contributed by atoms with E-state index in [1.54, 1.807) is 11.6 Å². The predicted octanol–water partition coefficient (Wildman–Crippen LogP) is 1.75. The van der Waals surface area contributed by atoms with Gasteiger partial charge in [-0.05, 0) is 6.92 Å². The van der Waals surface area contributed by atoms with Gasteiger partial charge in [-0.25, -0.2) is 0 Å². The summed E-state index contributed by atoms with van der Waals surface area (Å²) in [5.74, 6) is 0.236. The van der Waals surface area contributed by atoms with Crippen molar-refractivity contribution in [2.24, 2.45) is 0 Å². The van der Waals surface area contributed by atoms with Crippen LogP contribution in [0.15, 0.2) is 0 Å². The molecule has 2 aromatic heterocycles. The smallest absolute Gasteiger partial charge is 0.234 e. The van der Waals surface area contributed by atoms with Crippen molar-refractivity contribution >= 4 is 17.1 Å². The Hall–Kier alpha value is -1.63. The van der Waals surface area contributed by atoms with E-state index in [1.807, 2.05) is 0 Å². The Morgan fingerprint density at radius 3 is 2.47 bits per heavy atom. The molecule has 0 unspecified atom stereocenters. The first-order valence-corrected chi connectivity index (χ1v) is 6.09. The maximum atomic E-state index is 11.3. The van der Waals surface area contributed by atoms with Gasteiger partial charge < -0.3 is 0 Å². The highest BCUT2D eigenvalue weighted by molar-refractivity contribution is 7.13. The van der Waals surface area contributed by atoms with Gasteiger partial charge in [0.15, 0.2) is 11.5 Å². The zero-order valence-electron chi connectivity index (χ0n) is 10.1. The molecule has 0 radical (unpaired) electrons. The van der Waals surface area contributed by atoms with E-state index in [0.717, 1.165) is 5.01 Å². The van der Waals surface area contributed by atoms with Gasteiger partial charge in [-0.1, -0.05) is 30.4 Å². The molecular weight excluding hydrogens is 238 g/mol. The summed E-state index contributed by atoms with van der Waals surface area (Å²) in [6.07, 6.45) is 0. The molecule has 2 heterocycles. The lowest BCUT2D eigenvalue weighted by atomic mass is 10.2. The van der Waals surface area contributed by atoms with Crippen molar-refractivity contribution < 1.29 is 4.79 Å². The summed E-state index contributed by atoms with van der Waals surface area (Å²) in [5, 5.41) is 17.5. The van der Waals surface area contributed by atoms with E-state index in [4.69, 9.17) is 0 Å². The Morgan fingerprint density at radius 1 is 1.29 bits per heavy atom. The zero-order valence-corrected chi connectivity index (χ0v) is 10.9. The fourth-order valence-corrected chi connectivity index (χ4v) is 2.23. The fourth-order valence-electron chi connectivity index (χ4n) is 1.38. The minimum atomic E-state index is -0.0950. The van der Waals surface area contributed by atoms with E-state index in [2.05, 4.69) is 34.4 Å². The molecule has 0 aliphatic rings. The highest BCUT2D eigenvalue weighted by Gasteiger charge is 2.17. The van der Waals surface area contributed by atoms with Crippen molar-refractivity contribution in [1.82, 2.24) is 25.2 Å². The summed E-state index contributed by atoms with van der Waals surface area (Å²) in [5.41, 5.74) is 1.08. The van der Waals surface area contributed by atoms with Gasteiger partial charge in [0.2, 0.25) is 5.13 Å². The van der Waals surface area contributed by atoms with Crippen LogP contribution in [-0.4, -0.2) is 31.0 Å². The highest BCUT2D eigenvalue weighted by Crippen LogP contribution is 2.22. The lowest BCUT2D eigenvalue weighted by Crippen LogP contribution is -2.00. The van der Waals surface area contributed by atoms with Crippen molar-refractivity contribution in [3.8, 4) is 5.13 Å². The van der Waals surface area contributed by atoms with Gasteiger partial charge in [0.05, 0.1) is 5.69 Å². The molecule has 0 saturated heterocycles. The maximum absolute atomic E-state index is 11.3. The number of ketones is 1.